The minimum atomic E-state index is -0.266. The molecule has 0 aromatic carbocycles. The van der Waals surface area contributed by atoms with Crippen LogP contribution in [0.25, 0.3) is 0 Å². The van der Waals surface area contributed by atoms with E-state index >= 15 is 0 Å². The fraction of sp³-hybridized carbons (Fsp3) is 0.455. The zero-order valence-electron chi connectivity index (χ0n) is 18.8. The standard InChI is InChI=1S/C11H13Cl2N3O2.C11H13Cl2N3O/c12-8-5-16(18)6-9(13)10(8)15-3-1-7(2-4-15)11(14)17;12-8-5-15-6-9(13)10(8)16-3-1-7(2-4-16)11(14)17/h5-7H,1-4H2,(H2,14,17);5-7H,1-4H2,(H2,14,17). The molecule has 35 heavy (non-hydrogen) atoms. The summed E-state index contributed by atoms with van der Waals surface area (Å²) in [6, 6.07) is 0. The first-order chi connectivity index (χ1) is 16.6. The van der Waals surface area contributed by atoms with Crippen LogP contribution in [0, 0.1) is 17.0 Å². The van der Waals surface area contributed by atoms with Crippen LogP contribution in [0.5, 0.6) is 0 Å². The molecule has 2 aromatic rings. The van der Waals surface area contributed by atoms with Gasteiger partial charge >= 0.3 is 0 Å². The van der Waals surface area contributed by atoms with Crippen molar-refractivity contribution in [2.24, 2.45) is 23.3 Å². The number of amides is 2. The number of aromatic nitrogens is 2. The summed E-state index contributed by atoms with van der Waals surface area (Å²) in [7, 11) is 0. The van der Waals surface area contributed by atoms with E-state index < -0.39 is 0 Å². The van der Waals surface area contributed by atoms with Crippen LogP contribution in [0.15, 0.2) is 24.8 Å². The summed E-state index contributed by atoms with van der Waals surface area (Å²) in [5.74, 6) is -0.619. The second kappa shape index (κ2) is 12.2. The molecule has 190 valence electrons. The van der Waals surface area contributed by atoms with Gasteiger partial charge in [-0.25, -0.2) is 0 Å². The van der Waals surface area contributed by atoms with Gasteiger partial charge < -0.3 is 26.5 Å². The van der Waals surface area contributed by atoms with Crippen molar-refractivity contribution in [2.45, 2.75) is 25.7 Å². The molecule has 2 fully saturated rings. The number of pyridine rings is 2. The van der Waals surface area contributed by atoms with Crippen molar-refractivity contribution in [3.63, 3.8) is 0 Å². The van der Waals surface area contributed by atoms with Crippen molar-refractivity contribution in [3.8, 4) is 0 Å². The first kappa shape index (κ1) is 27.4. The summed E-state index contributed by atoms with van der Waals surface area (Å²) in [6.45, 7) is 2.76. The van der Waals surface area contributed by atoms with Gasteiger partial charge in [-0.2, -0.15) is 4.73 Å². The Bertz CT molecular complexity index is 1030. The second-order valence-corrected chi connectivity index (χ2v) is 10.1. The number of nitrogens with two attached hydrogens (primary N) is 2. The SMILES string of the molecule is NC(=O)C1CCN(c2c(Cl)c[n+]([O-])cc2Cl)CC1.NC(=O)C1CCN(c2c(Cl)cncc2Cl)CC1. The number of piperidine rings is 2. The maximum absolute atomic E-state index is 11.2. The number of anilines is 2. The number of nitrogens with zero attached hydrogens (tertiary/aromatic N) is 4. The highest BCUT2D eigenvalue weighted by Crippen LogP contribution is 2.35. The summed E-state index contributed by atoms with van der Waals surface area (Å²) in [6.07, 6.45) is 8.51. The van der Waals surface area contributed by atoms with Crippen LogP contribution in [0.1, 0.15) is 25.7 Å². The monoisotopic (exact) mass is 562 g/mol. The van der Waals surface area contributed by atoms with Gasteiger partial charge in [-0.3, -0.25) is 14.6 Å². The minimum Gasteiger partial charge on any atom is -0.619 e. The van der Waals surface area contributed by atoms with Crippen molar-refractivity contribution in [2.75, 3.05) is 36.0 Å². The molecule has 2 amide bonds. The highest BCUT2D eigenvalue weighted by Gasteiger charge is 2.27. The van der Waals surface area contributed by atoms with Crippen LogP contribution in [0.4, 0.5) is 11.4 Å². The molecule has 0 atom stereocenters. The molecule has 2 aromatic heterocycles. The molecule has 0 saturated carbocycles. The fourth-order valence-corrected chi connectivity index (χ4v) is 5.57. The van der Waals surface area contributed by atoms with E-state index in [1.165, 1.54) is 12.4 Å². The van der Waals surface area contributed by atoms with Gasteiger partial charge in [0.1, 0.15) is 10.0 Å². The number of primary amides is 2. The van der Waals surface area contributed by atoms with E-state index in [1.54, 1.807) is 12.4 Å². The molecule has 0 aliphatic carbocycles. The van der Waals surface area contributed by atoms with Crippen molar-refractivity contribution >= 4 is 69.6 Å². The lowest BCUT2D eigenvalue weighted by atomic mass is 9.96. The van der Waals surface area contributed by atoms with E-state index in [0.717, 1.165) is 31.6 Å². The van der Waals surface area contributed by atoms with Gasteiger partial charge in [-0.1, -0.05) is 46.4 Å². The zero-order valence-corrected chi connectivity index (χ0v) is 21.8. The molecule has 2 aliphatic rings. The van der Waals surface area contributed by atoms with Crippen LogP contribution in [-0.2, 0) is 9.59 Å². The number of hydrogen-bond donors (Lipinski definition) is 2. The summed E-state index contributed by atoms with van der Waals surface area (Å²) in [5, 5.41) is 12.9. The third-order valence-electron chi connectivity index (χ3n) is 6.19. The predicted octanol–water partition coefficient (Wildman–Crippen LogP) is 3.42. The molecular formula is C22H26Cl4N6O3. The summed E-state index contributed by atoms with van der Waals surface area (Å²) in [5.41, 5.74) is 12.0. The van der Waals surface area contributed by atoms with Gasteiger partial charge in [0.05, 0.1) is 21.4 Å². The first-order valence-electron chi connectivity index (χ1n) is 11.0. The molecule has 0 unspecified atom stereocenters. The van der Waals surface area contributed by atoms with Gasteiger partial charge in [-0.15, -0.1) is 0 Å². The highest BCUT2D eigenvalue weighted by molar-refractivity contribution is 6.39. The van der Waals surface area contributed by atoms with E-state index in [4.69, 9.17) is 57.9 Å². The molecule has 0 bridgehead atoms. The third kappa shape index (κ3) is 6.94. The van der Waals surface area contributed by atoms with Crippen LogP contribution in [0.3, 0.4) is 0 Å². The topological polar surface area (TPSA) is 132 Å². The minimum absolute atomic E-state index is 0.0364. The molecule has 0 radical (unpaired) electrons. The molecule has 13 heteroatoms. The van der Waals surface area contributed by atoms with Crippen molar-refractivity contribution in [1.29, 1.82) is 0 Å². The second-order valence-electron chi connectivity index (χ2n) is 8.44. The Morgan fingerprint density at radius 2 is 1.11 bits per heavy atom. The first-order valence-corrected chi connectivity index (χ1v) is 12.5. The van der Waals surface area contributed by atoms with Gasteiger partial charge in [0.2, 0.25) is 24.2 Å². The Morgan fingerprint density at radius 3 is 1.46 bits per heavy atom. The van der Waals surface area contributed by atoms with E-state index in [1.807, 2.05) is 4.90 Å². The largest absolute Gasteiger partial charge is 0.619 e. The Kier molecular flexibility index (Phi) is 9.52. The summed E-state index contributed by atoms with van der Waals surface area (Å²) in [4.78, 5) is 30.1. The van der Waals surface area contributed by atoms with E-state index in [2.05, 4.69) is 9.88 Å². The average Bonchev–Trinajstić information content (AvgIpc) is 2.79. The van der Waals surface area contributed by atoms with Gasteiger partial charge in [0, 0.05) is 50.4 Å². The molecule has 2 aliphatic heterocycles. The number of carbonyl (C=O) groups is 2. The fourth-order valence-electron chi connectivity index (χ4n) is 4.28. The van der Waals surface area contributed by atoms with Gasteiger partial charge in [0.15, 0.2) is 0 Å². The van der Waals surface area contributed by atoms with E-state index in [-0.39, 0.29) is 23.7 Å². The molecule has 0 spiro atoms. The lowest BCUT2D eigenvalue weighted by Crippen LogP contribution is -2.39. The molecule has 2 saturated heterocycles. The number of carbonyl (C=O) groups excluding carboxylic acids is 2. The average molecular weight is 564 g/mol. The van der Waals surface area contributed by atoms with Crippen LogP contribution < -0.4 is 26.0 Å². The van der Waals surface area contributed by atoms with Crippen LogP contribution in [-0.4, -0.2) is 43.0 Å². The molecule has 4 N–H and O–H groups in total. The van der Waals surface area contributed by atoms with Crippen LogP contribution >= 0.6 is 46.4 Å². The normalized spacial score (nSPS) is 17.0. The lowest BCUT2D eigenvalue weighted by molar-refractivity contribution is -0.605. The summed E-state index contributed by atoms with van der Waals surface area (Å²) >= 11 is 24.2. The molecule has 4 heterocycles. The van der Waals surface area contributed by atoms with E-state index in [0.29, 0.717) is 56.4 Å². The maximum atomic E-state index is 11.2. The highest BCUT2D eigenvalue weighted by atomic mass is 35.5. The van der Waals surface area contributed by atoms with E-state index in [9.17, 15) is 14.8 Å². The smallest absolute Gasteiger partial charge is 0.220 e. The molecule has 4 rings (SSSR count). The van der Waals surface area contributed by atoms with Crippen molar-refractivity contribution in [1.82, 2.24) is 4.98 Å². The maximum Gasteiger partial charge on any atom is 0.220 e. The van der Waals surface area contributed by atoms with Crippen molar-refractivity contribution < 1.29 is 14.3 Å². The number of hydrogen-bond acceptors (Lipinski definition) is 6. The Labute approximate surface area is 223 Å². The summed E-state index contributed by atoms with van der Waals surface area (Å²) < 4.78 is 0.574. The molecular weight excluding hydrogens is 538 g/mol. The van der Waals surface area contributed by atoms with Gasteiger partial charge in [0.25, 0.3) is 0 Å². The number of rotatable bonds is 4. The Morgan fingerprint density at radius 1 is 0.771 bits per heavy atom. The molecule has 9 nitrogen and oxygen atoms in total. The Balaban J connectivity index is 0.000000196. The van der Waals surface area contributed by atoms with Crippen LogP contribution in [0.2, 0.25) is 20.1 Å². The zero-order chi connectivity index (χ0) is 25.7. The quantitative estimate of drug-likeness (QED) is 0.432. The van der Waals surface area contributed by atoms with Gasteiger partial charge in [-0.05, 0) is 25.7 Å². The number of halogens is 4. The Hall–Kier alpha value is -2.20. The van der Waals surface area contributed by atoms with Crippen molar-refractivity contribution in [3.05, 3.63) is 50.1 Å². The third-order valence-corrected chi connectivity index (χ3v) is 7.30. The predicted molar refractivity (Wildman–Crippen MR) is 138 cm³/mol. The lowest BCUT2D eigenvalue weighted by Gasteiger charge is -2.33.